The van der Waals surface area contributed by atoms with E-state index in [4.69, 9.17) is 46.4 Å². The lowest BCUT2D eigenvalue weighted by Crippen LogP contribution is -2.36. The lowest BCUT2D eigenvalue weighted by atomic mass is 9.95. The molecule has 2 rings (SSSR count). The van der Waals surface area contributed by atoms with Gasteiger partial charge in [0.1, 0.15) is 12.1 Å². The van der Waals surface area contributed by atoms with E-state index in [0.29, 0.717) is 41.3 Å². The molecule has 142 valence electrons. The van der Waals surface area contributed by atoms with E-state index in [1.165, 1.54) is 6.08 Å². The number of halogens is 4. The molecule has 0 aromatic heterocycles. The second kappa shape index (κ2) is 10.5. The van der Waals surface area contributed by atoms with Gasteiger partial charge in [-0.15, -0.1) is 11.6 Å². The summed E-state index contributed by atoms with van der Waals surface area (Å²) in [5.41, 5.74) is 0.747. The third kappa shape index (κ3) is 5.87. The fourth-order valence-electron chi connectivity index (χ4n) is 2.78. The van der Waals surface area contributed by atoms with Crippen LogP contribution in [0.4, 0.5) is 0 Å². The number of rotatable bonds is 9. The number of alkyl halides is 1. The lowest BCUT2D eigenvalue weighted by Gasteiger charge is -2.23. The van der Waals surface area contributed by atoms with E-state index >= 15 is 0 Å². The Bertz CT molecular complexity index is 663. The van der Waals surface area contributed by atoms with Crippen molar-refractivity contribution in [1.29, 1.82) is 0 Å². The van der Waals surface area contributed by atoms with Gasteiger partial charge in [-0.1, -0.05) is 51.2 Å². The van der Waals surface area contributed by atoms with Crippen LogP contribution in [0.2, 0.25) is 0 Å². The molecule has 0 aromatic carbocycles. The summed E-state index contributed by atoms with van der Waals surface area (Å²) in [7, 11) is 0. The molecule has 6 nitrogen and oxygen atoms in total. The highest BCUT2D eigenvalue weighted by molar-refractivity contribution is 6.35. The maximum atomic E-state index is 11.0. The van der Waals surface area contributed by atoms with Crippen LogP contribution in [0.5, 0.6) is 0 Å². The Balaban J connectivity index is 1.73. The van der Waals surface area contributed by atoms with Crippen LogP contribution < -0.4 is 10.6 Å². The lowest BCUT2D eigenvalue weighted by molar-refractivity contribution is 0.499. The Morgan fingerprint density at radius 3 is 2.27 bits per heavy atom. The number of nitrogens with one attached hydrogen (secondary N) is 2. The molecular weight excluding hydrogens is 422 g/mol. The summed E-state index contributed by atoms with van der Waals surface area (Å²) in [6, 6.07) is -1.25. The van der Waals surface area contributed by atoms with Crippen LogP contribution in [0.15, 0.2) is 55.3 Å². The van der Waals surface area contributed by atoms with Crippen LogP contribution in [-0.4, -0.2) is 43.6 Å². The molecule has 10 heteroatoms. The predicted octanol–water partition coefficient (Wildman–Crippen LogP) is 3.98. The van der Waals surface area contributed by atoms with Gasteiger partial charge in [0.2, 0.25) is 0 Å². The molecular formula is C16H18Cl4N4O2. The summed E-state index contributed by atoms with van der Waals surface area (Å²) >= 11 is 24.0. The van der Waals surface area contributed by atoms with Gasteiger partial charge < -0.3 is 10.6 Å². The molecule has 2 aliphatic carbocycles. The van der Waals surface area contributed by atoms with E-state index in [9.17, 15) is 9.81 Å². The van der Waals surface area contributed by atoms with Crippen LogP contribution in [-0.2, 0) is 0 Å². The maximum absolute atomic E-state index is 11.0. The van der Waals surface area contributed by atoms with Crippen LogP contribution in [0, 0.1) is 15.7 Å². The Hall–Kier alpha value is -0.760. The van der Waals surface area contributed by atoms with E-state index in [0.717, 1.165) is 5.57 Å². The van der Waals surface area contributed by atoms with Crippen LogP contribution in [0.25, 0.3) is 0 Å². The topological polar surface area (TPSA) is 82.9 Å². The number of allylic oxidation sites excluding steroid dienone is 4. The Morgan fingerprint density at radius 1 is 0.923 bits per heavy atom. The molecule has 0 aliphatic heterocycles. The van der Waals surface area contributed by atoms with Gasteiger partial charge in [0.05, 0.1) is 5.38 Å². The van der Waals surface area contributed by atoms with Crippen molar-refractivity contribution >= 4 is 46.4 Å². The quantitative estimate of drug-likeness (QED) is 0.323. The molecule has 0 fully saturated rings. The number of hydrogen-bond acceptors (Lipinski definition) is 6. The number of nitrogens with zero attached hydrogens (tertiary/aromatic N) is 2. The van der Waals surface area contributed by atoms with Gasteiger partial charge in [-0.25, -0.2) is 0 Å². The standard InChI is InChI=1S/C16H18Cl4N4O2/c17-11-3-9(15(23-25)13(19)5-11)7-21-1-2-22-8-10-4-12(18)6-14(20)16(10)24-26/h3-6,9,14-16,21-22H,1-2,7-8H2. The fraction of sp³-hybridized carbons (Fsp3) is 0.500. The van der Waals surface area contributed by atoms with Gasteiger partial charge in [0, 0.05) is 47.2 Å². The maximum Gasteiger partial charge on any atom is 0.135 e. The predicted molar refractivity (Wildman–Crippen MR) is 108 cm³/mol. The first-order chi connectivity index (χ1) is 12.5. The third-order valence-electron chi connectivity index (χ3n) is 4.08. The Kier molecular flexibility index (Phi) is 8.73. The second-order valence-corrected chi connectivity index (χ2v) is 7.75. The van der Waals surface area contributed by atoms with E-state index in [2.05, 4.69) is 21.0 Å². The third-order valence-corrected chi connectivity index (χ3v) is 5.24. The van der Waals surface area contributed by atoms with Crippen LogP contribution >= 0.6 is 46.4 Å². The molecule has 0 aromatic rings. The highest BCUT2D eigenvalue weighted by Gasteiger charge is 2.28. The summed E-state index contributed by atoms with van der Waals surface area (Å²) in [5, 5.41) is 13.4. The fourth-order valence-corrected chi connectivity index (χ4v) is 4.12. The molecule has 2 aliphatic rings. The number of hydrogen-bond donors (Lipinski definition) is 2. The average Bonchev–Trinajstić information content (AvgIpc) is 2.57. The molecule has 0 bridgehead atoms. The van der Waals surface area contributed by atoms with Crippen molar-refractivity contribution in [3.8, 4) is 0 Å². The van der Waals surface area contributed by atoms with Crippen molar-refractivity contribution in [2.45, 2.75) is 17.5 Å². The summed E-state index contributed by atoms with van der Waals surface area (Å²) in [4.78, 5) is 21.9. The van der Waals surface area contributed by atoms with Crippen molar-refractivity contribution < 1.29 is 0 Å². The van der Waals surface area contributed by atoms with Gasteiger partial charge in [0.25, 0.3) is 0 Å². The highest BCUT2D eigenvalue weighted by Crippen LogP contribution is 2.29. The molecule has 0 saturated carbocycles. The Morgan fingerprint density at radius 2 is 1.58 bits per heavy atom. The van der Waals surface area contributed by atoms with Gasteiger partial charge in [-0.3, -0.25) is 0 Å². The minimum absolute atomic E-state index is 0.192. The smallest absolute Gasteiger partial charge is 0.135 e. The molecule has 26 heavy (non-hydrogen) atoms. The van der Waals surface area contributed by atoms with Crippen molar-refractivity contribution in [3.63, 3.8) is 0 Å². The van der Waals surface area contributed by atoms with E-state index < -0.39 is 17.5 Å². The molecule has 2 N–H and O–H groups in total. The first kappa shape index (κ1) is 21.5. The van der Waals surface area contributed by atoms with E-state index in [-0.39, 0.29) is 5.92 Å². The zero-order valence-electron chi connectivity index (χ0n) is 13.7. The highest BCUT2D eigenvalue weighted by atomic mass is 35.5. The molecule has 0 heterocycles. The number of nitroso groups, excluding NO2 is 2. The van der Waals surface area contributed by atoms with Crippen molar-refractivity contribution in [2.24, 2.45) is 16.3 Å². The molecule has 0 spiro atoms. The van der Waals surface area contributed by atoms with Gasteiger partial charge in [-0.2, -0.15) is 9.81 Å². The van der Waals surface area contributed by atoms with Crippen molar-refractivity contribution in [1.82, 2.24) is 10.6 Å². The second-order valence-electron chi connectivity index (χ2n) is 5.94. The minimum atomic E-state index is -0.624. The Labute approximate surface area is 171 Å². The van der Waals surface area contributed by atoms with Gasteiger partial charge in [0.15, 0.2) is 0 Å². The molecule has 0 saturated heterocycles. The molecule has 4 atom stereocenters. The summed E-state index contributed by atoms with van der Waals surface area (Å²) in [6.45, 7) is 2.23. The van der Waals surface area contributed by atoms with Crippen LogP contribution in [0.3, 0.4) is 0 Å². The zero-order valence-corrected chi connectivity index (χ0v) is 16.7. The first-order valence-corrected chi connectivity index (χ1v) is 9.56. The van der Waals surface area contributed by atoms with E-state index in [1.807, 2.05) is 0 Å². The first-order valence-electron chi connectivity index (χ1n) is 7.99. The molecule has 0 radical (unpaired) electrons. The van der Waals surface area contributed by atoms with Gasteiger partial charge >= 0.3 is 0 Å². The molecule has 0 amide bonds. The summed E-state index contributed by atoms with van der Waals surface area (Å²) in [5.74, 6) is -0.192. The zero-order chi connectivity index (χ0) is 19.1. The monoisotopic (exact) mass is 438 g/mol. The van der Waals surface area contributed by atoms with E-state index in [1.54, 1.807) is 18.2 Å². The summed E-state index contributed by atoms with van der Waals surface area (Å²) < 4.78 is 0. The minimum Gasteiger partial charge on any atom is -0.315 e. The average molecular weight is 440 g/mol. The van der Waals surface area contributed by atoms with Crippen LogP contribution in [0.1, 0.15) is 0 Å². The van der Waals surface area contributed by atoms with Crippen molar-refractivity contribution in [2.75, 3.05) is 26.2 Å². The summed E-state index contributed by atoms with van der Waals surface area (Å²) in [6.07, 6.45) is 6.60. The molecule has 4 unspecified atom stereocenters. The largest absolute Gasteiger partial charge is 0.315 e. The van der Waals surface area contributed by atoms with Gasteiger partial charge in [-0.05, 0) is 23.8 Å². The van der Waals surface area contributed by atoms with Crippen molar-refractivity contribution in [3.05, 3.63) is 54.8 Å². The normalized spacial score (nSPS) is 28.6. The SMILES string of the molecule is O=NC1C(CNCCNCC2C=C(Cl)C=C(Cl)C2N=O)=CC(Cl)=CC1Cl.